The van der Waals surface area contributed by atoms with E-state index in [1.807, 2.05) is 12.1 Å². The van der Waals surface area contributed by atoms with Crippen molar-refractivity contribution in [2.24, 2.45) is 4.99 Å². The maximum atomic E-state index is 12.4. The molecule has 158 valence electrons. The minimum atomic E-state index is -4.43. The molecule has 0 atom stereocenters. The number of guanidine groups is 1. The molecule has 0 fully saturated rings. The highest BCUT2D eigenvalue weighted by Gasteiger charge is 2.29. The van der Waals surface area contributed by atoms with Crippen molar-refractivity contribution in [1.82, 2.24) is 15.6 Å². The summed E-state index contributed by atoms with van der Waals surface area (Å²) in [6.07, 6.45) is -3.06. The predicted octanol–water partition coefficient (Wildman–Crippen LogP) is 2.91. The number of methoxy groups -OCH3 is 2. The number of nitrogens with one attached hydrogen (secondary N) is 2. The van der Waals surface area contributed by atoms with E-state index in [4.69, 9.17) is 14.2 Å². The average molecular weight is 412 g/mol. The van der Waals surface area contributed by atoms with E-state index >= 15 is 0 Å². The standard InChI is InChI=1S/C19H23F3N4O3/c1-23-18(25-10-13-6-7-15(27-2)9-16(13)28-3)26-11-14-5-4-8-24-17(14)29-12-19(20,21)22/h4-9H,10-12H2,1-3H3,(H2,23,25,26). The monoisotopic (exact) mass is 412 g/mol. The molecule has 0 aliphatic carbocycles. The number of aromatic nitrogens is 1. The highest BCUT2D eigenvalue weighted by molar-refractivity contribution is 5.79. The summed E-state index contributed by atoms with van der Waals surface area (Å²) in [5, 5.41) is 6.15. The Balaban J connectivity index is 1.97. The molecule has 0 amide bonds. The lowest BCUT2D eigenvalue weighted by atomic mass is 10.2. The van der Waals surface area contributed by atoms with Gasteiger partial charge in [0.1, 0.15) is 11.5 Å². The van der Waals surface area contributed by atoms with Crippen LogP contribution >= 0.6 is 0 Å². The van der Waals surface area contributed by atoms with Crippen LogP contribution in [0.3, 0.4) is 0 Å². The molecule has 7 nitrogen and oxygen atoms in total. The van der Waals surface area contributed by atoms with Gasteiger partial charge in [0.05, 0.1) is 14.2 Å². The van der Waals surface area contributed by atoms with Gasteiger partial charge in [0.2, 0.25) is 5.88 Å². The summed E-state index contributed by atoms with van der Waals surface area (Å²) in [5.74, 6) is 1.71. The van der Waals surface area contributed by atoms with Gasteiger partial charge in [-0.15, -0.1) is 0 Å². The zero-order valence-electron chi connectivity index (χ0n) is 16.3. The second kappa shape index (κ2) is 10.4. The molecule has 0 aliphatic rings. The van der Waals surface area contributed by atoms with E-state index < -0.39 is 12.8 Å². The molecule has 2 N–H and O–H groups in total. The van der Waals surface area contributed by atoms with Gasteiger partial charge in [-0.25, -0.2) is 4.98 Å². The quantitative estimate of drug-likeness (QED) is 0.513. The average Bonchev–Trinajstić information content (AvgIpc) is 2.72. The maximum absolute atomic E-state index is 12.4. The zero-order valence-corrected chi connectivity index (χ0v) is 16.3. The van der Waals surface area contributed by atoms with E-state index in [0.717, 1.165) is 5.56 Å². The second-order valence-corrected chi connectivity index (χ2v) is 5.83. The van der Waals surface area contributed by atoms with Gasteiger partial charge < -0.3 is 24.8 Å². The number of alkyl halides is 3. The number of rotatable bonds is 8. The van der Waals surface area contributed by atoms with Gasteiger partial charge in [-0.1, -0.05) is 6.07 Å². The first-order valence-electron chi connectivity index (χ1n) is 8.65. The minimum Gasteiger partial charge on any atom is -0.497 e. The van der Waals surface area contributed by atoms with E-state index in [1.54, 1.807) is 39.5 Å². The summed E-state index contributed by atoms with van der Waals surface area (Å²) in [5.41, 5.74) is 1.36. The van der Waals surface area contributed by atoms with Crippen LogP contribution in [0.25, 0.3) is 0 Å². The molecule has 1 aromatic heterocycles. The fraction of sp³-hybridized carbons (Fsp3) is 0.368. The number of hydrogen-bond acceptors (Lipinski definition) is 5. The maximum Gasteiger partial charge on any atom is 0.422 e. The molecular formula is C19H23F3N4O3. The van der Waals surface area contributed by atoms with Gasteiger partial charge >= 0.3 is 6.18 Å². The Morgan fingerprint density at radius 3 is 2.41 bits per heavy atom. The molecule has 0 saturated heterocycles. The highest BCUT2D eigenvalue weighted by Crippen LogP contribution is 2.24. The normalized spacial score (nSPS) is 11.7. The smallest absolute Gasteiger partial charge is 0.422 e. The van der Waals surface area contributed by atoms with Crippen LogP contribution in [-0.4, -0.2) is 45.0 Å². The van der Waals surface area contributed by atoms with Gasteiger partial charge in [-0.2, -0.15) is 13.2 Å². The van der Waals surface area contributed by atoms with Crippen LogP contribution in [0.4, 0.5) is 13.2 Å². The van der Waals surface area contributed by atoms with E-state index in [2.05, 4.69) is 20.6 Å². The largest absolute Gasteiger partial charge is 0.497 e. The molecule has 1 heterocycles. The molecule has 0 spiro atoms. The fourth-order valence-electron chi connectivity index (χ4n) is 2.42. The van der Waals surface area contributed by atoms with E-state index in [0.29, 0.717) is 29.6 Å². The summed E-state index contributed by atoms with van der Waals surface area (Å²) in [6.45, 7) is -0.807. The van der Waals surface area contributed by atoms with Crippen LogP contribution < -0.4 is 24.8 Å². The first-order valence-corrected chi connectivity index (χ1v) is 8.65. The molecule has 2 rings (SSSR count). The van der Waals surface area contributed by atoms with Gasteiger partial charge in [0.25, 0.3) is 0 Å². The van der Waals surface area contributed by atoms with Crippen molar-refractivity contribution < 1.29 is 27.4 Å². The van der Waals surface area contributed by atoms with Gasteiger partial charge in [0.15, 0.2) is 12.6 Å². The van der Waals surface area contributed by atoms with Gasteiger partial charge in [0, 0.05) is 43.5 Å². The van der Waals surface area contributed by atoms with Crippen molar-refractivity contribution in [3.8, 4) is 17.4 Å². The van der Waals surface area contributed by atoms with Gasteiger partial charge in [-0.05, 0) is 18.2 Å². The minimum absolute atomic E-state index is 0.0791. The Kier molecular flexibility index (Phi) is 7.93. The summed E-state index contributed by atoms with van der Waals surface area (Å²) in [7, 11) is 4.73. The molecule has 2 aromatic rings. The van der Waals surface area contributed by atoms with Crippen LogP contribution in [0.2, 0.25) is 0 Å². The number of ether oxygens (including phenoxy) is 3. The first kappa shape index (κ1) is 22.1. The number of benzene rings is 1. The molecule has 0 aliphatic heterocycles. The van der Waals surface area contributed by atoms with Crippen molar-refractivity contribution in [3.63, 3.8) is 0 Å². The third-order valence-corrected chi connectivity index (χ3v) is 3.83. The van der Waals surface area contributed by atoms with E-state index in [9.17, 15) is 13.2 Å². The number of hydrogen-bond donors (Lipinski definition) is 2. The van der Waals surface area contributed by atoms with Crippen molar-refractivity contribution in [1.29, 1.82) is 0 Å². The molecule has 1 aromatic carbocycles. The predicted molar refractivity (Wildman–Crippen MR) is 102 cm³/mol. The number of halogens is 3. The molecule has 29 heavy (non-hydrogen) atoms. The summed E-state index contributed by atoms with van der Waals surface area (Å²) < 4.78 is 52.5. The lowest BCUT2D eigenvalue weighted by molar-refractivity contribution is -0.154. The summed E-state index contributed by atoms with van der Waals surface area (Å²) >= 11 is 0. The van der Waals surface area contributed by atoms with Gasteiger partial charge in [-0.3, -0.25) is 4.99 Å². The van der Waals surface area contributed by atoms with Crippen molar-refractivity contribution >= 4 is 5.96 Å². The molecule has 0 saturated carbocycles. The topological polar surface area (TPSA) is 77.0 Å². The molecule has 0 unspecified atom stereocenters. The van der Waals surface area contributed by atoms with Crippen LogP contribution in [0.1, 0.15) is 11.1 Å². The van der Waals surface area contributed by atoms with Crippen molar-refractivity contribution in [2.45, 2.75) is 19.3 Å². The third kappa shape index (κ3) is 7.05. The van der Waals surface area contributed by atoms with Crippen molar-refractivity contribution in [3.05, 3.63) is 47.7 Å². The summed E-state index contributed by atoms with van der Waals surface area (Å²) in [6, 6.07) is 8.70. The molecule has 0 bridgehead atoms. The molecule has 10 heteroatoms. The lowest BCUT2D eigenvalue weighted by Gasteiger charge is -2.16. The van der Waals surface area contributed by atoms with Crippen LogP contribution in [0, 0.1) is 0 Å². The lowest BCUT2D eigenvalue weighted by Crippen LogP contribution is -2.36. The Morgan fingerprint density at radius 2 is 1.79 bits per heavy atom. The van der Waals surface area contributed by atoms with Crippen LogP contribution in [0.15, 0.2) is 41.5 Å². The SMILES string of the molecule is CN=C(NCc1ccc(OC)cc1OC)NCc1cccnc1OCC(F)(F)F. The van der Waals surface area contributed by atoms with E-state index in [1.165, 1.54) is 6.20 Å². The fourth-order valence-corrected chi connectivity index (χ4v) is 2.42. The third-order valence-electron chi connectivity index (χ3n) is 3.83. The highest BCUT2D eigenvalue weighted by atomic mass is 19.4. The number of nitrogens with zero attached hydrogens (tertiary/aromatic N) is 2. The summed E-state index contributed by atoms with van der Waals surface area (Å²) in [4.78, 5) is 7.98. The Bertz CT molecular complexity index is 829. The molecular weight excluding hydrogens is 389 g/mol. The van der Waals surface area contributed by atoms with Crippen LogP contribution in [-0.2, 0) is 13.1 Å². The first-order chi connectivity index (χ1) is 13.9. The number of pyridine rings is 1. The molecule has 0 radical (unpaired) electrons. The van der Waals surface area contributed by atoms with E-state index in [-0.39, 0.29) is 12.4 Å². The second-order valence-electron chi connectivity index (χ2n) is 5.83. The Labute approximate surface area is 166 Å². The Hall–Kier alpha value is -3.17. The zero-order chi connectivity index (χ0) is 21.3. The van der Waals surface area contributed by atoms with Crippen LogP contribution in [0.5, 0.6) is 17.4 Å². The Morgan fingerprint density at radius 1 is 1.07 bits per heavy atom. The number of aliphatic imine (C=N–C) groups is 1. The van der Waals surface area contributed by atoms with Crippen molar-refractivity contribution in [2.75, 3.05) is 27.9 Å².